The Morgan fingerprint density at radius 1 is 0.941 bits per heavy atom. The third-order valence-electron chi connectivity index (χ3n) is 3.64. The van der Waals surface area contributed by atoms with Gasteiger partial charge in [0.2, 0.25) is 0 Å². The first-order valence-electron chi connectivity index (χ1n) is 7.38. The van der Waals surface area contributed by atoms with Crippen molar-refractivity contribution in [1.29, 1.82) is 0 Å². The van der Waals surface area contributed by atoms with Crippen LogP contribution in [0, 0.1) is 5.92 Å². The molecule has 1 aliphatic rings. The van der Waals surface area contributed by atoms with Crippen molar-refractivity contribution >= 4 is 5.97 Å². The van der Waals surface area contributed by atoms with Gasteiger partial charge in [0.15, 0.2) is 0 Å². The molecule has 0 aromatic heterocycles. The van der Waals surface area contributed by atoms with Crippen molar-refractivity contribution in [3.05, 3.63) is 0 Å². The lowest BCUT2D eigenvalue weighted by Crippen LogP contribution is -2.17. The number of cyclic esters (lactones) is 1. The highest BCUT2D eigenvalue weighted by Crippen LogP contribution is 2.19. The number of carbonyl (C=O) groups excluding carboxylic acids is 1. The summed E-state index contributed by atoms with van der Waals surface area (Å²) in [6.07, 6.45) is 11.9. The molecule has 1 fully saturated rings. The zero-order valence-corrected chi connectivity index (χ0v) is 11.5. The van der Waals surface area contributed by atoms with Crippen molar-refractivity contribution in [3.63, 3.8) is 0 Å². The van der Waals surface area contributed by atoms with E-state index in [-0.39, 0.29) is 12.1 Å². The van der Waals surface area contributed by atoms with E-state index in [0.29, 0.717) is 12.3 Å². The molecule has 2 atom stereocenters. The topological polar surface area (TPSA) is 26.3 Å². The molecule has 2 nitrogen and oxygen atoms in total. The van der Waals surface area contributed by atoms with E-state index in [9.17, 15) is 4.79 Å². The standard InChI is InChI=1S/C15H28O2/c1-13-10-8-6-4-3-5-7-9-11-15(16)17-14(2)12-13/h13-14H,3-12H2,1-2H3. The van der Waals surface area contributed by atoms with Crippen LogP contribution < -0.4 is 0 Å². The molecule has 2 unspecified atom stereocenters. The first-order valence-corrected chi connectivity index (χ1v) is 7.38. The summed E-state index contributed by atoms with van der Waals surface area (Å²) in [7, 11) is 0. The molecular weight excluding hydrogens is 212 g/mol. The van der Waals surface area contributed by atoms with Crippen LogP contribution in [0.1, 0.15) is 78.1 Å². The average Bonchev–Trinajstić information content (AvgIpc) is 2.25. The average molecular weight is 240 g/mol. The Labute approximate surface area is 106 Å². The van der Waals surface area contributed by atoms with Crippen LogP contribution in [0.4, 0.5) is 0 Å². The Balaban J connectivity index is 2.34. The zero-order chi connectivity index (χ0) is 12.5. The van der Waals surface area contributed by atoms with Crippen molar-refractivity contribution in [2.45, 2.75) is 84.2 Å². The summed E-state index contributed by atoms with van der Waals surface area (Å²) in [4.78, 5) is 11.5. The number of hydrogen-bond donors (Lipinski definition) is 0. The normalized spacial score (nSPS) is 30.4. The fraction of sp³-hybridized carbons (Fsp3) is 0.933. The summed E-state index contributed by atoms with van der Waals surface area (Å²) in [6.45, 7) is 4.30. The fourth-order valence-corrected chi connectivity index (χ4v) is 2.66. The largest absolute Gasteiger partial charge is 0.463 e. The first kappa shape index (κ1) is 14.5. The minimum atomic E-state index is 0.00163. The SMILES string of the molecule is CC1CCCCCCCCCC(=O)OC(C)C1. The summed E-state index contributed by atoms with van der Waals surface area (Å²) in [5.74, 6) is 0.683. The monoisotopic (exact) mass is 240 g/mol. The van der Waals surface area contributed by atoms with Crippen molar-refractivity contribution < 1.29 is 9.53 Å². The van der Waals surface area contributed by atoms with Gasteiger partial charge in [-0.15, -0.1) is 0 Å². The summed E-state index contributed by atoms with van der Waals surface area (Å²) in [6, 6.07) is 0. The van der Waals surface area contributed by atoms with Gasteiger partial charge in [0.25, 0.3) is 0 Å². The molecule has 0 saturated carbocycles. The highest BCUT2D eigenvalue weighted by molar-refractivity contribution is 5.69. The van der Waals surface area contributed by atoms with E-state index in [1.807, 2.05) is 6.92 Å². The number of ether oxygens (including phenoxy) is 1. The highest BCUT2D eigenvalue weighted by Gasteiger charge is 2.13. The van der Waals surface area contributed by atoms with E-state index in [4.69, 9.17) is 4.74 Å². The molecule has 0 N–H and O–H groups in total. The highest BCUT2D eigenvalue weighted by atomic mass is 16.5. The Morgan fingerprint density at radius 2 is 1.53 bits per heavy atom. The van der Waals surface area contributed by atoms with E-state index in [2.05, 4.69) is 6.92 Å². The molecule has 1 saturated heterocycles. The lowest BCUT2D eigenvalue weighted by Gasteiger charge is -2.18. The molecule has 17 heavy (non-hydrogen) atoms. The fourth-order valence-electron chi connectivity index (χ4n) is 2.66. The van der Waals surface area contributed by atoms with Crippen LogP contribution in [0.15, 0.2) is 0 Å². The summed E-state index contributed by atoms with van der Waals surface area (Å²) >= 11 is 0. The molecule has 0 bridgehead atoms. The quantitative estimate of drug-likeness (QED) is 0.584. The second-order valence-electron chi connectivity index (χ2n) is 5.65. The van der Waals surface area contributed by atoms with Crippen molar-refractivity contribution in [2.75, 3.05) is 0 Å². The molecular formula is C15H28O2. The Bertz CT molecular complexity index is 213. The number of hydrogen-bond acceptors (Lipinski definition) is 2. The van der Waals surface area contributed by atoms with Gasteiger partial charge in [0.05, 0.1) is 6.10 Å². The molecule has 1 heterocycles. The molecule has 0 amide bonds. The van der Waals surface area contributed by atoms with Gasteiger partial charge in [0, 0.05) is 6.42 Å². The first-order chi connectivity index (χ1) is 8.18. The lowest BCUT2D eigenvalue weighted by atomic mass is 9.96. The smallest absolute Gasteiger partial charge is 0.306 e. The number of rotatable bonds is 0. The molecule has 0 aromatic carbocycles. The van der Waals surface area contributed by atoms with E-state index < -0.39 is 0 Å². The second-order valence-corrected chi connectivity index (χ2v) is 5.65. The summed E-state index contributed by atoms with van der Waals surface area (Å²) < 4.78 is 5.43. The minimum Gasteiger partial charge on any atom is -0.463 e. The van der Waals surface area contributed by atoms with Crippen LogP contribution in [-0.2, 0) is 9.53 Å². The van der Waals surface area contributed by atoms with Crippen LogP contribution in [0.25, 0.3) is 0 Å². The molecule has 0 spiro atoms. The zero-order valence-electron chi connectivity index (χ0n) is 11.5. The third-order valence-corrected chi connectivity index (χ3v) is 3.64. The van der Waals surface area contributed by atoms with Crippen molar-refractivity contribution in [2.24, 2.45) is 5.92 Å². The van der Waals surface area contributed by atoms with Crippen LogP contribution in [0.5, 0.6) is 0 Å². The van der Waals surface area contributed by atoms with Crippen molar-refractivity contribution in [1.82, 2.24) is 0 Å². The van der Waals surface area contributed by atoms with Crippen LogP contribution in [0.2, 0.25) is 0 Å². The van der Waals surface area contributed by atoms with Crippen LogP contribution in [0.3, 0.4) is 0 Å². The van der Waals surface area contributed by atoms with Gasteiger partial charge >= 0.3 is 5.97 Å². The number of esters is 1. The molecule has 100 valence electrons. The third kappa shape index (κ3) is 7.40. The molecule has 0 aliphatic carbocycles. The van der Waals surface area contributed by atoms with Gasteiger partial charge in [-0.25, -0.2) is 0 Å². The minimum absolute atomic E-state index is 0.00163. The van der Waals surface area contributed by atoms with E-state index in [1.54, 1.807) is 0 Å². The van der Waals surface area contributed by atoms with Crippen LogP contribution in [-0.4, -0.2) is 12.1 Å². The van der Waals surface area contributed by atoms with E-state index in [0.717, 1.165) is 12.8 Å². The Kier molecular flexibility index (Phi) is 7.30. The lowest BCUT2D eigenvalue weighted by molar-refractivity contribution is -0.149. The van der Waals surface area contributed by atoms with Gasteiger partial charge in [0.1, 0.15) is 0 Å². The Hall–Kier alpha value is -0.530. The van der Waals surface area contributed by atoms with E-state index >= 15 is 0 Å². The second kappa shape index (κ2) is 8.54. The van der Waals surface area contributed by atoms with Gasteiger partial charge in [-0.2, -0.15) is 0 Å². The van der Waals surface area contributed by atoms with Gasteiger partial charge in [-0.3, -0.25) is 4.79 Å². The van der Waals surface area contributed by atoms with Gasteiger partial charge < -0.3 is 4.74 Å². The number of carbonyl (C=O) groups is 1. The molecule has 1 rings (SSSR count). The van der Waals surface area contributed by atoms with Gasteiger partial charge in [-0.1, -0.05) is 51.9 Å². The molecule has 1 aliphatic heterocycles. The van der Waals surface area contributed by atoms with Crippen molar-refractivity contribution in [3.8, 4) is 0 Å². The predicted molar refractivity (Wildman–Crippen MR) is 70.9 cm³/mol. The summed E-state index contributed by atoms with van der Waals surface area (Å²) in [5.41, 5.74) is 0. The Morgan fingerprint density at radius 3 is 2.24 bits per heavy atom. The summed E-state index contributed by atoms with van der Waals surface area (Å²) in [5, 5.41) is 0. The molecule has 0 radical (unpaired) electrons. The maximum Gasteiger partial charge on any atom is 0.306 e. The molecule has 0 aromatic rings. The van der Waals surface area contributed by atoms with Crippen LogP contribution >= 0.6 is 0 Å². The molecule has 2 heteroatoms. The van der Waals surface area contributed by atoms with Gasteiger partial charge in [-0.05, 0) is 25.7 Å². The predicted octanol–water partition coefficient (Wildman–Crippen LogP) is 4.47. The maximum atomic E-state index is 11.5. The van der Waals surface area contributed by atoms with E-state index in [1.165, 1.54) is 44.9 Å². The maximum absolute atomic E-state index is 11.5.